The Morgan fingerprint density at radius 3 is 2.16 bits per heavy atom. The first-order valence-corrected chi connectivity index (χ1v) is 16.1. The normalized spacial score (nSPS) is 28.1. The summed E-state index contributed by atoms with van der Waals surface area (Å²) in [5.41, 5.74) is -2.92. The Bertz CT molecular complexity index is 1430. The number of nitrogens with one attached hydrogen (secondary N) is 4. The maximum absolute atomic E-state index is 14.1. The molecule has 6 atom stereocenters. The van der Waals surface area contributed by atoms with Gasteiger partial charge in [0.25, 0.3) is 15.9 Å². The molecule has 1 aliphatic heterocycles. The van der Waals surface area contributed by atoms with Gasteiger partial charge >= 0.3 is 6.03 Å². The van der Waals surface area contributed by atoms with Gasteiger partial charge in [-0.15, -0.1) is 6.58 Å². The smallest absolute Gasteiger partial charge is 0.315 e. The van der Waals surface area contributed by atoms with Crippen LogP contribution in [0, 0.1) is 28.6 Å². The summed E-state index contributed by atoms with van der Waals surface area (Å²) < 4.78 is 28.0. The quantitative estimate of drug-likeness (QED) is 0.330. The Labute approximate surface area is 254 Å². The molecule has 236 valence electrons. The van der Waals surface area contributed by atoms with Crippen LogP contribution in [0.4, 0.5) is 4.79 Å². The molecule has 12 heteroatoms. The van der Waals surface area contributed by atoms with E-state index in [-0.39, 0.29) is 34.5 Å². The van der Waals surface area contributed by atoms with Gasteiger partial charge in [0.1, 0.15) is 17.6 Å². The van der Waals surface area contributed by atoms with E-state index in [1.807, 2.05) is 55.4 Å². The lowest BCUT2D eigenvalue weighted by Gasteiger charge is -2.38. The number of hydrogen-bond donors (Lipinski definition) is 4. The molecule has 4 N–H and O–H groups in total. The molecule has 2 saturated carbocycles. The van der Waals surface area contributed by atoms with Gasteiger partial charge in [-0.1, -0.05) is 58.9 Å². The topological polar surface area (TPSA) is 154 Å². The van der Waals surface area contributed by atoms with E-state index in [4.69, 9.17) is 0 Å². The van der Waals surface area contributed by atoms with Crippen LogP contribution in [-0.2, 0) is 24.4 Å². The minimum Gasteiger partial charge on any atom is -0.339 e. The summed E-state index contributed by atoms with van der Waals surface area (Å²) in [4.78, 5) is 55.9. The van der Waals surface area contributed by atoms with Gasteiger partial charge in [-0.3, -0.25) is 14.4 Å². The number of carbonyl (C=O) groups excluding carboxylic acids is 4. The van der Waals surface area contributed by atoms with Crippen LogP contribution >= 0.6 is 0 Å². The molecule has 1 heterocycles. The van der Waals surface area contributed by atoms with Crippen LogP contribution in [0.5, 0.6) is 0 Å². The molecule has 0 spiro atoms. The average Bonchev–Trinajstić information content (AvgIpc) is 3.63. The molecule has 3 unspecified atom stereocenters. The Morgan fingerprint density at radius 2 is 1.65 bits per heavy atom. The van der Waals surface area contributed by atoms with E-state index >= 15 is 0 Å². The van der Waals surface area contributed by atoms with Gasteiger partial charge < -0.3 is 20.9 Å². The highest BCUT2D eigenvalue weighted by molar-refractivity contribution is 7.90. The van der Waals surface area contributed by atoms with E-state index in [1.54, 1.807) is 18.2 Å². The van der Waals surface area contributed by atoms with Crippen LogP contribution in [0.15, 0.2) is 47.9 Å². The second-order valence-corrected chi connectivity index (χ2v) is 16.5. The van der Waals surface area contributed by atoms with Crippen LogP contribution in [0.25, 0.3) is 0 Å². The number of hydrogen-bond acceptors (Lipinski definition) is 6. The first-order chi connectivity index (χ1) is 19.7. The lowest BCUT2D eigenvalue weighted by molar-refractivity contribution is -0.144. The number of likely N-dealkylation sites (tertiary alicyclic amines) is 1. The number of carbonyl (C=O) groups is 4. The molecular weight excluding hydrogens is 570 g/mol. The highest BCUT2D eigenvalue weighted by Crippen LogP contribution is 2.65. The fourth-order valence-electron chi connectivity index (χ4n) is 6.34. The van der Waals surface area contributed by atoms with Gasteiger partial charge in [0.05, 0.1) is 4.90 Å². The van der Waals surface area contributed by atoms with E-state index in [9.17, 15) is 27.6 Å². The van der Waals surface area contributed by atoms with Crippen molar-refractivity contribution in [3.63, 3.8) is 0 Å². The molecule has 1 aromatic rings. The zero-order valence-corrected chi connectivity index (χ0v) is 27.1. The highest BCUT2D eigenvalue weighted by atomic mass is 32.2. The van der Waals surface area contributed by atoms with Crippen molar-refractivity contribution in [1.29, 1.82) is 0 Å². The van der Waals surface area contributed by atoms with Crippen LogP contribution in [0.3, 0.4) is 0 Å². The van der Waals surface area contributed by atoms with Crippen LogP contribution < -0.4 is 20.7 Å². The largest absolute Gasteiger partial charge is 0.339 e. The van der Waals surface area contributed by atoms with Gasteiger partial charge in [0.2, 0.25) is 11.8 Å². The van der Waals surface area contributed by atoms with Crippen LogP contribution in [-0.4, -0.2) is 66.8 Å². The number of nitrogens with zero attached hydrogens (tertiary/aromatic N) is 1. The summed E-state index contributed by atoms with van der Waals surface area (Å²) in [6.45, 7) is 19.2. The van der Waals surface area contributed by atoms with Gasteiger partial charge in [-0.2, -0.15) is 0 Å². The molecule has 3 aliphatic rings. The summed E-state index contributed by atoms with van der Waals surface area (Å²) in [7, 11) is -4.18. The van der Waals surface area contributed by atoms with Crippen LogP contribution in [0.2, 0.25) is 0 Å². The number of rotatable bonds is 8. The molecular formula is C31H45N5O6S. The number of fused-ring (bicyclic) bond motifs is 1. The van der Waals surface area contributed by atoms with Crippen molar-refractivity contribution in [1.82, 2.24) is 25.6 Å². The molecule has 3 fully saturated rings. The number of urea groups is 1. The summed E-state index contributed by atoms with van der Waals surface area (Å²) in [6, 6.07) is 5.18. The molecule has 4 rings (SSSR count). The monoisotopic (exact) mass is 615 g/mol. The molecule has 1 saturated heterocycles. The minimum absolute atomic E-state index is 0.0638. The first-order valence-electron chi connectivity index (χ1n) is 14.6. The third-order valence-corrected chi connectivity index (χ3v) is 10.3. The van der Waals surface area contributed by atoms with E-state index in [0.717, 1.165) is 0 Å². The molecule has 0 aromatic heterocycles. The van der Waals surface area contributed by atoms with Crippen molar-refractivity contribution in [2.75, 3.05) is 6.54 Å². The molecule has 2 aliphatic carbocycles. The van der Waals surface area contributed by atoms with Crippen molar-refractivity contribution in [3.05, 3.63) is 43.0 Å². The van der Waals surface area contributed by atoms with Crippen molar-refractivity contribution in [2.24, 2.45) is 28.6 Å². The van der Waals surface area contributed by atoms with Crippen molar-refractivity contribution in [3.8, 4) is 0 Å². The highest BCUT2D eigenvalue weighted by Gasteiger charge is 2.71. The lowest BCUT2D eigenvalue weighted by Crippen LogP contribution is -2.62. The molecule has 0 bridgehead atoms. The average molecular weight is 616 g/mol. The van der Waals surface area contributed by atoms with E-state index in [1.165, 1.54) is 23.1 Å². The van der Waals surface area contributed by atoms with Gasteiger partial charge in [0.15, 0.2) is 0 Å². The fraction of sp³-hybridized carbons (Fsp3) is 0.613. The molecule has 1 aromatic carbocycles. The number of benzene rings is 1. The maximum Gasteiger partial charge on any atom is 0.315 e. The Morgan fingerprint density at radius 1 is 1.05 bits per heavy atom. The Balaban J connectivity index is 1.58. The number of amides is 5. The molecule has 11 nitrogen and oxygen atoms in total. The molecule has 43 heavy (non-hydrogen) atoms. The predicted octanol–water partition coefficient (Wildman–Crippen LogP) is 2.55. The van der Waals surface area contributed by atoms with Gasteiger partial charge in [-0.05, 0) is 62.0 Å². The van der Waals surface area contributed by atoms with Gasteiger partial charge in [-0.25, -0.2) is 17.9 Å². The third kappa shape index (κ3) is 6.30. The summed E-state index contributed by atoms with van der Waals surface area (Å²) in [5, 5.41) is 8.47. The van der Waals surface area contributed by atoms with Crippen molar-refractivity contribution in [2.45, 2.75) is 89.9 Å². The number of piperidine rings is 1. The zero-order valence-electron chi connectivity index (χ0n) is 26.3. The summed E-state index contributed by atoms with van der Waals surface area (Å²) in [5.74, 6) is -2.36. The van der Waals surface area contributed by atoms with Crippen LogP contribution in [0.1, 0.15) is 61.8 Å². The molecule has 5 amide bonds. The zero-order chi connectivity index (χ0) is 32.3. The van der Waals surface area contributed by atoms with Crippen molar-refractivity contribution < 1.29 is 27.6 Å². The standard InChI is InChI=1S/C31H45N5O6S/c1-10-18-16-31(18,26(39)35-43(41,42)19-14-12-11-13-15-19)33-24(37)22-21-20(30(21,8)9)17-36(22)25(38)23(28(2,3)4)32-27(40)34-29(5,6)7/h10-15,18,20-23H,1,16-17H2,2-9H3,(H,33,37)(H,35,39)(H2,32,34,40)/t18?,20?,21-,22?,23+,31+/m0/s1. The first kappa shape index (κ1) is 32.5. The Hall–Kier alpha value is -3.41. The lowest BCUT2D eigenvalue weighted by atomic mass is 9.85. The van der Waals surface area contributed by atoms with Gasteiger partial charge in [0, 0.05) is 18.0 Å². The fourth-order valence-corrected chi connectivity index (χ4v) is 7.39. The second kappa shape index (κ2) is 10.6. The van der Waals surface area contributed by atoms with Crippen molar-refractivity contribution >= 4 is 33.8 Å². The third-order valence-electron chi connectivity index (χ3n) is 8.97. The predicted molar refractivity (Wildman–Crippen MR) is 162 cm³/mol. The Kier molecular flexibility index (Phi) is 8.04. The summed E-state index contributed by atoms with van der Waals surface area (Å²) >= 11 is 0. The molecule has 0 radical (unpaired) electrons. The van der Waals surface area contributed by atoms with E-state index < -0.39 is 62.4 Å². The summed E-state index contributed by atoms with van der Waals surface area (Å²) in [6.07, 6.45) is 1.69. The van der Waals surface area contributed by atoms with E-state index in [0.29, 0.717) is 6.54 Å². The van der Waals surface area contributed by atoms with E-state index in [2.05, 4.69) is 27.3 Å². The maximum atomic E-state index is 14.1. The number of sulfonamides is 1. The second-order valence-electron chi connectivity index (χ2n) is 14.8. The minimum atomic E-state index is -4.18. The SMILES string of the molecule is C=CC1C[C@]1(NC(=O)C1[C@@H]2C(CN1C(=O)[C@@H](NC(=O)NC(C)(C)C)C(C)(C)C)C2(C)C)C(=O)NS(=O)(=O)c1ccccc1.